The number of hydrogen-bond donors (Lipinski definition) is 1. The van der Waals surface area contributed by atoms with E-state index in [2.05, 4.69) is 17.3 Å². The van der Waals surface area contributed by atoms with E-state index in [0.717, 1.165) is 43.9 Å². The van der Waals surface area contributed by atoms with Gasteiger partial charge < -0.3 is 14.8 Å². The molecular formula is C23H29N3O5. The number of nitrogens with one attached hydrogen (secondary N) is 1. The Hall–Kier alpha value is -2.97. The van der Waals surface area contributed by atoms with Crippen molar-refractivity contribution in [3.05, 3.63) is 69.3 Å². The molecule has 0 bridgehead atoms. The maximum absolute atomic E-state index is 12.4. The van der Waals surface area contributed by atoms with E-state index in [-0.39, 0.29) is 11.6 Å². The highest BCUT2D eigenvalue weighted by atomic mass is 16.6. The summed E-state index contributed by atoms with van der Waals surface area (Å²) in [6.07, 6.45) is 2.11. The third kappa shape index (κ3) is 6.50. The van der Waals surface area contributed by atoms with Gasteiger partial charge in [-0.05, 0) is 56.6 Å². The van der Waals surface area contributed by atoms with Gasteiger partial charge in [0, 0.05) is 49.5 Å². The summed E-state index contributed by atoms with van der Waals surface area (Å²) < 4.78 is 11.3. The van der Waals surface area contributed by atoms with Gasteiger partial charge in [0.25, 0.3) is 11.6 Å². The fourth-order valence-corrected chi connectivity index (χ4v) is 3.65. The largest absolute Gasteiger partial charge is 0.492 e. The average Bonchev–Trinajstić information content (AvgIpc) is 2.78. The number of ether oxygens (including phenoxy) is 2. The van der Waals surface area contributed by atoms with Crippen molar-refractivity contribution >= 4 is 11.6 Å². The van der Waals surface area contributed by atoms with Gasteiger partial charge in [-0.15, -0.1) is 0 Å². The minimum Gasteiger partial charge on any atom is -0.492 e. The van der Waals surface area contributed by atoms with Crippen LogP contribution >= 0.6 is 0 Å². The highest BCUT2D eigenvalue weighted by Gasteiger charge is 2.18. The van der Waals surface area contributed by atoms with E-state index in [4.69, 9.17) is 9.47 Å². The van der Waals surface area contributed by atoms with E-state index in [0.29, 0.717) is 30.3 Å². The Morgan fingerprint density at radius 1 is 1.26 bits per heavy atom. The first kappa shape index (κ1) is 22.7. The van der Waals surface area contributed by atoms with Gasteiger partial charge in [0.05, 0.1) is 4.92 Å². The fourth-order valence-electron chi connectivity index (χ4n) is 3.65. The molecule has 166 valence electrons. The predicted molar refractivity (Wildman–Crippen MR) is 117 cm³/mol. The minimum atomic E-state index is -0.455. The zero-order valence-corrected chi connectivity index (χ0v) is 18.0. The van der Waals surface area contributed by atoms with Crippen LogP contribution in [0.25, 0.3) is 0 Å². The van der Waals surface area contributed by atoms with Crippen molar-refractivity contribution in [2.24, 2.45) is 0 Å². The molecule has 1 aliphatic heterocycles. The third-order valence-corrected chi connectivity index (χ3v) is 5.53. The Bertz CT molecular complexity index is 912. The van der Waals surface area contributed by atoms with Crippen LogP contribution in [0.2, 0.25) is 0 Å². The Morgan fingerprint density at radius 3 is 2.74 bits per heavy atom. The van der Waals surface area contributed by atoms with Crippen LogP contribution in [0.4, 0.5) is 5.69 Å². The molecule has 1 saturated heterocycles. The van der Waals surface area contributed by atoms with Crippen molar-refractivity contribution in [3.8, 4) is 5.75 Å². The van der Waals surface area contributed by atoms with Gasteiger partial charge in [-0.25, -0.2) is 0 Å². The molecule has 0 aromatic heterocycles. The molecule has 0 saturated carbocycles. The summed E-state index contributed by atoms with van der Waals surface area (Å²) in [6, 6.07) is 12.5. The molecule has 1 N–H and O–H groups in total. The lowest BCUT2D eigenvalue weighted by Gasteiger charge is -2.31. The van der Waals surface area contributed by atoms with Crippen molar-refractivity contribution in [3.63, 3.8) is 0 Å². The van der Waals surface area contributed by atoms with Crippen LogP contribution in [-0.2, 0) is 11.3 Å². The van der Waals surface area contributed by atoms with Crippen LogP contribution in [0.3, 0.4) is 0 Å². The SMILES string of the molecule is Cc1cc(C(=O)NCc2cccc(OCCN(C)C3CCOCC3)c2)ccc1[N+](=O)[O-]. The second kappa shape index (κ2) is 10.9. The second-order valence-electron chi connectivity index (χ2n) is 7.76. The smallest absolute Gasteiger partial charge is 0.272 e. The minimum absolute atomic E-state index is 0.00358. The van der Waals surface area contributed by atoms with Gasteiger partial charge in [0.2, 0.25) is 0 Å². The number of hydrogen-bond acceptors (Lipinski definition) is 6. The van der Waals surface area contributed by atoms with E-state index < -0.39 is 4.92 Å². The first-order chi connectivity index (χ1) is 14.9. The number of carbonyl (C=O) groups is 1. The summed E-state index contributed by atoms with van der Waals surface area (Å²) in [5.41, 5.74) is 1.77. The number of nitrogens with zero attached hydrogens (tertiary/aromatic N) is 2. The monoisotopic (exact) mass is 427 g/mol. The molecule has 0 spiro atoms. The normalized spacial score (nSPS) is 14.4. The van der Waals surface area contributed by atoms with Gasteiger partial charge in [-0.2, -0.15) is 0 Å². The Balaban J connectivity index is 1.48. The molecule has 1 amide bonds. The number of carbonyl (C=O) groups excluding carboxylic acids is 1. The number of benzene rings is 2. The number of amides is 1. The van der Waals surface area contributed by atoms with E-state index in [1.165, 1.54) is 18.2 Å². The first-order valence-electron chi connectivity index (χ1n) is 10.5. The van der Waals surface area contributed by atoms with Crippen molar-refractivity contribution in [2.75, 3.05) is 33.4 Å². The van der Waals surface area contributed by atoms with E-state index in [1.807, 2.05) is 24.3 Å². The summed E-state index contributed by atoms with van der Waals surface area (Å²) in [7, 11) is 2.12. The molecule has 0 unspecified atom stereocenters. The lowest BCUT2D eigenvalue weighted by Crippen LogP contribution is -2.38. The van der Waals surface area contributed by atoms with Gasteiger partial charge in [0.1, 0.15) is 12.4 Å². The quantitative estimate of drug-likeness (QED) is 0.487. The standard InChI is InChI=1S/C23H29N3O5/c1-17-14-19(6-7-22(17)26(28)29)23(27)24-16-18-4-3-5-21(15-18)31-13-10-25(2)20-8-11-30-12-9-20/h3-7,14-15,20H,8-13,16H2,1-2H3,(H,24,27). The van der Waals surface area contributed by atoms with Crippen LogP contribution < -0.4 is 10.1 Å². The van der Waals surface area contributed by atoms with Crippen molar-refractivity contribution in [1.82, 2.24) is 10.2 Å². The first-order valence-corrected chi connectivity index (χ1v) is 10.5. The van der Waals surface area contributed by atoms with Crippen LogP contribution in [0.1, 0.15) is 34.3 Å². The number of nitro groups is 1. The maximum atomic E-state index is 12.4. The van der Waals surface area contributed by atoms with Crippen LogP contribution in [-0.4, -0.2) is 55.2 Å². The number of nitro benzene ring substituents is 1. The average molecular weight is 428 g/mol. The third-order valence-electron chi connectivity index (χ3n) is 5.53. The molecule has 2 aromatic carbocycles. The lowest BCUT2D eigenvalue weighted by molar-refractivity contribution is -0.385. The highest BCUT2D eigenvalue weighted by Crippen LogP contribution is 2.19. The molecule has 31 heavy (non-hydrogen) atoms. The summed E-state index contributed by atoms with van der Waals surface area (Å²) in [5.74, 6) is 0.487. The molecule has 1 heterocycles. The topological polar surface area (TPSA) is 93.9 Å². The Labute approximate surface area is 182 Å². The maximum Gasteiger partial charge on any atom is 0.272 e. The number of aryl methyl sites for hydroxylation is 1. The van der Waals surface area contributed by atoms with Crippen LogP contribution in [0.15, 0.2) is 42.5 Å². The molecule has 2 aromatic rings. The molecular weight excluding hydrogens is 398 g/mol. The summed E-state index contributed by atoms with van der Waals surface area (Å²) in [4.78, 5) is 25.2. The summed E-state index contributed by atoms with van der Waals surface area (Å²) >= 11 is 0. The number of rotatable bonds is 9. The van der Waals surface area contributed by atoms with Crippen molar-refractivity contribution < 1.29 is 19.2 Å². The van der Waals surface area contributed by atoms with E-state index >= 15 is 0 Å². The van der Waals surface area contributed by atoms with E-state index in [9.17, 15) is 14.9 Å². The molecule has 0 radical (unpaired) electrons. The highest BCUT2D eigenvalue weighted by molar-refractivity contribution is 5.94. The summed E-state index contributed by atoms with van der Waals surface area (Å²) in [6.45, 7) is 5.03. The fraction of sp³-hybridized carbons (Fsp3) is 0.435. The molecule has 0 atom stereocenters. The van der Waals surface area contributed by atoms with Gasteiger partial charge in [-0.3, -0.25) is 19.8 Å². The zero-order valence-electron chi connectivity index (χ0n) is 18.0. The molecule has 3 rings (SSSR count). The number of likely N-dealkylation sites (N-methyl/N-ethyl adjacent to an activating group) is 1. The van der Waals surface area contributed by atoms with Gasteiger partial charge >= 0.3 is 0 Å². The van der Waals surface area contributed by atoms with Crippen molar-refractivity contribution in [2.45, 2.75) is 32.4 Å². The molecule has 8 nitrogen and oxygen atoms in total. The second-order valence-corrected chi connectivity index (χ2v) is 7.76. The Kier molecular flexibility index (Phi) is 7.97. The molecule has 0 aliphatic carbocycles. The van der Waals surface area contributed by atoms with Crippen molar-refractivity contribution in [1.29, 1.82) is 0 Å². The lowest BCUT2D eigenvalue weighted by atomic mass is 10.1. The predicted octanol–water partition coefficient (Wildman–Crippen LogP) is 3.32. The van der Waals surface area contributed by atoms with Gasteiger partial charge in [-0.1, -0.05) is 12.1 Å². The van der Waals surface area contributed by atoms with Gasteiger partial charge in [0.15, 0.2) is 0 Å². The Morgan fingerprint density at radius 2 is 2.03 bits per heavy atom. The van der Waals surface area contributed by atoms with E-state index in [1.54, 1.807) is 6.92 Å². The summed E-state index contributed by atoms with van der Waals surface area (Å²) in [5, 5.41) is 13.8. The molecule has 1 fully saturated rings. The molecule has 8 heteroatoms. The molecule has 1 aliphatic rings. The van der Waals surface area contributed by atoms with Crippen LogP contribution in [0, 0.1) is 17.0 Å². The zero-order chi connectivity index (χ0) is 22.2. The van der Waals surface area contributed by atoms with Crippen LogP contribution in [0.5, 0.6) is 5.75 Å².